The summed E-state index contributed by atoms with van der Waals surface area (Å²) < 4.78 is 5.87. The normalized spacial score (nSPS) is 18.1. The van der Waals surface area contributed by atoms with Crippen LogP contribution in [0.15, 0.2) is 35.0 Å². The Kier molecular flexibility index (Phi) is 3.85. The molecule has 0 fully saturated rings. The molecule has 1 aliphatic carbocycles. The fraction of sp³-hybridized carbons (Fsp3) is 0.375. The molecule has 0 amide bonds. The van der Waals surface area contributed by atoms with E-state index in [0.29, 0.717) is 12.6 Å². The minimum absolute atomic E-state index is 0.509. The van der Waals surface area contributed by atoms with Gasteiger partial charge in [0.15, 0.2) is 0 Å². The highest BCUT2D eigenvalue weighted by Crippen LogP contribution is 2.32. The summed E-state index contributed by atoms with van der Waals surface area (Å²) in [6.45, 7) is 0.664. The molecule has 0 aliphatic heterocycles. The van der Waals surface area contributed by atoms with Gasteiger partial charge in [-0.25, -0.2) is 0 Å². The minimum atomic E-state index is 0.509. The highest BCUT2D eigenvalue weighted by molar-refractivity contribution is 7.07. The predicted molar refractivity (Wildman–Crippen MR) is 79.8 cm³/mol. The number of nitrogens with one attached hydrogen (secondary N) is 1. The quantitative estimate of drug-likeness (QED) is 0.911. The smallest absolute Gasteiger partial charge is 0.120 e. The molecular formula is C16H19NOS. The van der Waals surface area contributed by atoms with Gasteiger partial charge in [0.2, 0.25) is 0 Å². The molecule has 1 N–H and O–H groups in total. The molecule has 0 saturated heterocycles. The number of hydrogen-bond acceptors (Lipinski definition) is 3. The Balaban J connectivity index is 1.74. The zero-order chi connectivity index (χ0) is 13.1. The first-order chi connectivity index (χ1) is 9.36. The molecule has 1 unspecified atom stereocenters. The van der Waals surface area contributed by atoms with Crippen molar-refractivity contribution in [2.45, 2.75) is 31.9 Å². The minimum Gasteiger partial charge on any atom is -0.489 e. The first-order valence-electron chi connectivity index (χ1n) is 6.81. The molecule has 1 aromatic carbocycles. The van der Waals surface area contributed by atoms with Crippen LogP contribution in [0.2, 0.25) is 0 Å². The molecule has 2 aromatic rings. The van der Waals surface area contributed by atoms with E-state index in [0.717, 1.165) is 5.75 Å². The van der Waals surface area contributed by atoms with E-state index in [1.165, 1.54) is 36.0 Å². The van der Waals surface area contributed by atoms with Gasteiger partial charge in [-0.05, 0) is 72.0 Å². The van der Waals surface area contributed by atoms with Crippen molar-refractivity contribution in [3.05, 3.63) is 51.7 Å². The van der Waals surface area contributed by atoms with Gasteiger partial charge >= 0.3 is 0 Å². The summed E-state index contributed by atoms with van der Waals surface area (Å²) in [5, 5.41) is 7.62. The van der Waals surface area contributed by atoms with Gasteiger partial charge in [0, 0.05) is 6.04 Å². The maximum atomic E-state index is 5.87. The number of ether oxygens (including phenoxy) is 1. The molecule has 0 bridgehead atoms. The number of thiophene rings is 1. The summed E-state index contributed by atoms with van der Waals surface area (Å²) in [5.74, 6) is 0.988. The molecule has 1 atom stereocenters. The molecule has 1 aromatic heterocycles. The van der Waals surface area contributed by atoms with Crippen molar-refractivity contribution >= 4 is 11.3 Å². The third-order valence-electron chi connectivity index (χ3n) is 3.76. The Bertz CT molecular complexity index is 536. The van der Waals surface area contributed by atoms with Crippen molar-refractivity contribution in [3.63, 3.8) is 0 Å². The average molecular weight is 273 g/mol. The van der Waals surface area contributed by atoms with E-state index in [1.54, 1.807) is 11.3 Å². The van der Waals surface area contributed by atoms with Crippen molar-refractivity contribution in [1.29, 1.82) is 0 Å². The van der Waals surface area contributed by atoms with Crippen LogP contribution in [0, 0.1) is 0 Å². The van der Waals surface area contributed by atoms with Gasteiger partial charge in [0.05, 0.1) is 0 Å². The first kappa shape index (κ1) is 12.7. The maximum absolute atomic E-state index is 5.87. The van der Waals surface area contributed by atoms with Crippen LogP contribution in [-0.2, 0) is 13.0 Å². The van der Waals surface area contributed by atoms with Crippen LogP contribution < -0.4 is 10.1 Å². The number of benzene rings is 1. The molecule has 0 spiro atoms. The number of hydrogen-bond donors (Lipinski definition) is 1. The lowest BCUT2D eigenvalue weighted by Gasteiger charge is -2.25. The van der Waals surface area contributed by atoms with E-state index in [1.807, 2.05) is 7.05 Å². The lowest BCUT2D eigenvalue weighted by molar-refractivity contribution is 0.306. The van der Waals surface area contributed by atoms with Crippen LogP contribution in [0.3, 0.4) is 0 Å². The molecule has 1 aliphatic rings. The molecule has 3 rings (SSSR count). The van der Waals surface area contributed by atoms with E-state index in [4.69, 9.17) is 4.74 Å². The number of fused-ring (bicyclic) bond motifs is 1. The van der Waals surface area contributed by atoms with E-state index < -0.39 is 0 Å². The second kappa shape index (κ2) is 5.76. The van der Waals surface area contributed by atoms with E-state index >= 15 is 0 Å². The Labute approximate surface area is 118 Å². The third-order valence-corrected chi connectivity index (χ3v) is 4.49. The van der Waals surface area contributed by atoms with Crippen molar-refractivity contribution in [2.75, 3.05) is 7.05 Å². The Morgan fingerprint density at radius 2 is 2.32 bits per heavy atom. The van der Waals surface area contributed by atoms with Gasteiger partial charge in [-0.1, -0.05) is 6.07 Å². The summed E-state index contributed by atoms with van der Waals surface area (Å²) in [7, 11) is 2.04. The van der Waals surface area contributed by atoms with Gasteiger partial charge in [0.25, 0.3) is 0 Å². The zero-order valence-corrected chi connectivity index (χ0v) is 12.0. The van der Waals surface area contributed by atoms with Gasteiger partial charge in [-0.15, -0.1) is 0 Å². The van der Waals surface area contributed by atoms with Gasteiger partial charge in [-0.2, -0.15) is 11.3 Å². The van der Waals surface area contributed by atoms with Gasteiger partial charge in [-0.3, -0.25) is 0 Å². The fourth-order valence-electron chi connectivity index (χ4n) is 2.72. The Morgan fingerprint density at radius 3 is 3.11 bits per heavy atom. The molecule has 1 heterocycles. The summed E-state index contributed by atoms with van der Waals surface area (Å²) in [5.41, 5.74) is 4.13. The highest BCUT2D eigenvalue weighted by atomic mass is 32.1. The molecule has 0 radical (unpaired) electrons. The maximum Gasteiger partial charge on any atom is 0.120 e. The number of aryl methyl sites for hydroxylation is 1. The second-order valence-corrected chi connectivity index (χ2v) is 5.79. The van der Waals surface area contributed by atoms with Crippen LogP contribution in [0.25, 0.3) is 0 Å². The Hall–Kier alpha value is -1.32. The lowest BCUT2D eigenvalue weighted by Crippen LogP contribution is -2.21. The molecule has 0 saturated carbocycles. The summed E-state index contributed by atoms with van der Waals surface area (Å²) in [4.78, 5) is 0. The third kappa shape index (κ3) is 2.82. The number of rotatable bonds is 4. The van der Waals surface area contributed by atoms with E-state index in [9.17, 15) is 0 Å². The van der Waals surface area contributed by atoms with Crippen LogP contribution in [0.1, 0.15) is 35.6 Å². The summed E-state index contributed by atoms with van der Waals surface area (Å²) in [6, 6.07) is 9.15. The topological polar surface area (TPSA) is 21.3 Å². The fourth-order valence-corrected chi connectivity index (χ4v) is 3.38. The molecule has 3 heteroatoms. The summed E-state index contributed by atoms with van der Waals surface area (Å²) >= 11 is 1.71. The van der Waals surface area contributed by atoms with Crippen molar-refractivity contribution in [2.24, 2.45) is 0 Å². The molecule has 19 heavy (non-hydrogen) atoms. The highest BCUT2D eigenvalue weighted by Gasteiger charge is 2.18. The SMILES string of the molecule is CNC1CCCc2cc(OCc3ccsc3)ccc21. The van der Waals surface area contributed by atoms with Gasteiger partial charge < -0.3 is 10.1 Å². The van der Waals surface area contributed by atoms with Crippen LogP contribution in [0.4, 0.5) is 0 Å². The molecule has 2 nitrogen and oxygen atoms in total. The largest absolute Gasteiger partial charge is 0.489 e. The Morgan fingerprint density at radius 1 is 1.37 bits per heavy atom. The summed E-state index contributed by atoms with van der Waals surface area (Å²) in [6.07, 6.45) is 3.66. The lowest BCUT2D eigenvalue weighted by atomic mass is 9.87. The standard InChI is InChI=1S/C16H19NOS/c1-17-16-4-2-3-13-9-14(5-6-15(13)16)18-10-12-7-8-19-11-12/h5-9,11,16-17H,2-4,10H2,1H3. The van der Waals surface area contributed by atoms with Crippen LogP contribution in [0.5, 0.6) is 5.75 Å². The van der Waals surface area contributed by atoms with Crippen molar-refractivity contribution in [3.8, 4) is 5.75 Å². The predicted octanol–water partition coefficient (Wildman–Crippen LogP) is 3.92. The van der Waals surface area contributed by atoms with Crippen LogP contribution in [-0.4, -0.2) is 7.05 Å². The van der Waals surface area contributed by atoms with Crippen LogP contribution >= 0.6 is 11.3 Å². The molecular weight excluding hydrogens is 254 g/mol. The first-order valence-corrected chi connectivity index (χ1v) is 7.75. The second-order valence-electron chi connectivity index (χ2n) is 5.01. The van der Waals surface area contributed by atoms with Gasteiger partial charge in [0.1, 0.15) is 12.4 Å². The van der Waals surface area contributed by atoms with Crippen molar-refractivity contribution < 1.29 is 4.74 Å². The van der Waals surface area contributed by atoms with E-state index in [-0.39, 0.29) is 0 Å². The monoisotopic (exact) mass is 273 g/mol. The zero-order valence-electron chi connectivity index (χ0n) is 11.2. The van der Waals surface area contributed by atoms with E-state index in [2.05, 4.69) is 40.3 Å². The van der Waals surface area contributed by atoms with Crippen molar-refractivity contribution in [1.82, 2.24) is 5.32 Å². The molecule has 100 valence electrons. The average Bonchev–Trinajstić information content (AvgIpc) is 2.97.